The molecule has 108 valence electrons. The van der Waals surface area contributed by atoms with Crippen molar-refractivity contribution in [3.63, 3.8) is 0 Å². The maximum atomic E-state index is 12.9. The van der Waals surface area contributed by atoms with Gasteiger partial charge in [-0.1, -0.05) is 17.7 Å². The Morgan fingerprint density at radius 2 is 2.20 bits per heavy atom. The highest BCUT2D eigenvalue weighted by Gasteiger charge is 2.00. The first kappa shape index (κ1) is 16.1. The zero-order valence-electron chi connectivity index (χ0n) is 10.4. The molecule has 1 aromatic rings. The van der Waals surface area contributed by atoms with Crippen molar-refractivity contribution in [3.05, 3.63) is 40.7 Å². The van der Waals surface area contributed by atoms with Crippen molar-refractivity contribution in [1.29, 1.82) is 0 Å². The number of ether oxygens (including phenoxy) is 1. The van der Waals surface area contributed by atoms with Crippen molar-refractivity contribution in [1.82, 2.24) is 5.32 Å². The molecule has 0 saturated carbocycles. The fourth-order valence-electron chi connectivity index (χ4n) is 1.25. The maximum absolute atomic E-state index is 12.9. The molecule has 0 heterocycles. The number of benzene rings is 1. The maximum Gasteiger partial charge on any atom is 0.329 e. The van der Waals surface area contributed by atoms with Crippen LogP contribution in [0.1, 0.15) is 5.56 Å². The van der Waals surface area contributed by atoms with E-state index in [2.05, 4.69) is 5.32 Å². The summed E-state index contributed by atoms with van der Waals surface area (Å²) in [4.78, 5) is 21.5. The lowest BCUT2D eigenvalue weighted by Crippen LogP contribution is -2.26. The van der Waals surface area contributed by atoms with Gasteiger partial charge in [0.05, 0.1) is 11.6 Å². The summed E-state index contributed by atoms with van der Waals surface area (Å²) in [6.07, 6.45) is 2.75. The molecule has 0 fully saturated rings. The Hall–Kier alpha value is -1.92. The lowest BCUT2D eigenvalue weighted by Gasteiger charge is -2.02. The number of aliphatic carboxylic acids is 1. The minimum absolute atomic E-state index is 0.0189. The molecular formula is C13H13ClFNO4. The van der Waals surface area contributed by atoms with Crippen molar-refractivity contribution < 1.29 is 23.8 Å². The second-order valence-electron chi connectivity index (χ2n) is 3.74. The van der Waals surface area contributed by atoms with Crippen LogP contribution in [-0.2, 0) is 14.3 Å². The number of halogens is 2. The van der Waals surface area contributed by atoms with E-state index in [0.29, 0.717) is 5.56 Å². The number of carbonyl (C=O) groups is 2. The van der Waals surface area contributed by atoms with Gasteiger partial charge >= 0.3 is 5.97 Å². The Bertz CT molecular complexity index is 519. The summed E-state index contributed by atoms with van der Waals surface area (Å²) >= 11 is 5.60. The van der Waals surface area contributed by atoms with Crippen molar-refractivity contribution in [2.45, 2.75) is 0 Å². The van der Waals surface area contributed by atoms with Gasteiger partial charge in [-0.05, 0) is 23.8 Å². The van der Waals surface area contributed by atoms with Gasteiger partial charge < -0.3 is 15.2 Å². The molecule has 20 heavy (non-hydrogen) atoms. The van der Waals surface area contributed by atoms with E-state index in [1.807, 2.05) is 0 Å². The molecule has 0 aliphatic heterocycles. The first-order chi connectivity index (χ1) is 9.49. The normalized spacial score (nSPS) is 10.7. The molecule has 1 aromatic carbocycles. The van der Waals surface area contributed by atoms with Gasteiger partial charge in [0.1, 0.15) is 12.4 Å². The van der Waals surface area contributed by atoms with Crippen LogP contribution in [0.4, 0.5) is 4.39 Å². The van der Waals surface area contributed by atoms with Gasteiger partial charge in [-0.15, -0.1) is 0 Å². The fraction of sp³-hybridized carbons (Fsp3) is 0.231. The molecule has 1 rings (SSSR count). The molecule has 2 N–H and O–H groups in total. The molecule has 0 aliphatic rings. The van der Waals surface area contributed by atoms with Crippen LogP contribution in [0.2, 0.25) is 5.02 Å². The zero-order chi connectivity index (χ0) is 15.0. The number of amides is 1. The topological polar surface area (TPSA) is 75.6 Å². The Morgan fingerprint density at radius 1 is 1.45 bits per heavy atom. The highest BCUT2D eigenvalue weighted by atomic mass is 35.5. The van der Waals surface area contributed by atoms with E-state index in [9.17, 15) is 14.0 Å². The average Bonchev–Trinajstić information content (AvgIpc) is 2.39. The number of carbonyl (C=O) groups excluding carboxylic acids is 1. The Labute approximate surface area is 120 Å². The quantitative estimate of drug-likeness (QED) is 0.594. The molecule has 0 unspecified atom stereocenters. The van der Waals surface area contributed by atoms with Crippen LogP contribution in [0.3, 0.4) is 0 Å². The van der Waals surface area contributed by atoms with Crippen molar-refractivity contribution in [2.24, 2.45) is 0 Å². The molecule has 1 amide bonds. The molecule has 0 saturated heterocycles. The number of hydrogen-bond acceptors (Lipinski definition) is 3. The molecule has 0 bridgehead atoms. The summed E-state index contributed by atoms with van der Waals surface area (Å²) in [6.45, 7) is -0.103. The minimum Gasteiger partial charge on any atom is -0.480 e. The second kappa shape index (κ2) is 8.29. The van der Waals surface area contributed by atoms with E-state index in [4.69, 9.17) is 21.4 Å². The highest BCUT2D eigenvalue weighted by Crippen LogP contribution is 2.16. The van der Waals surface area contributed by atoms with Gasteiger partial charge in [0.2, 0.25) is 5.91 Å². The van der Waals surface area contributed by atoms with Gasteiger partial charge in [-0.25, -0.2) is 9.18 Å². The summed E-state index contributed by atoms with van der Waals surface area (Å²) in [5.74, 6) is -1.96. The number of rotatable bonds is 7. The SMILES string of the molecule is O=C(O)COCCNC(=O)C=Cc1ccc(F)c(Cl)c1. The number of carboxylic acid groups (broad SMARTS) is 1. The third-order valence-electron chi connectivity index (χ3n) is 2.14. The van der Waals surface area contributed by atoms with Crippen molar-refractivity contribution >= 4 is 29.6 Å². The summed E-state index contributed by atoms with van der Waals surface area (Å²) in [5, 5.41) is 10.8. The van der Waals surface area contributed by atoms with Crippen LogP contribution in [0.5, 0.6) is 0 Å². The average molecular weight is 302 g/mol. The Balaban J connectivity index is 2.32. The summed E-state index contributed by atoms with van der Waals surface area (Å²) in [6, 6.07) is 4.09. The molecule has 0 aromatic heterocycles. The van der Waals surface area contributed by atoms with E-state index < -0.39 is 18.4 Å². The van der Waals surface area contributed by atoms with Crippen molar-refractivity contribution in [2.75, 3.05) is 19.8 Å². The Kier molecular flexibility index (Phi) is 6.69. The third kappa shape index (κ3) is 6.31. The van der Waals surface area contributed by atoms with E-state index in [0.717, 1.165) is 0 Å². The first-order valence-corrected chi connectivity index (χ1v) is 6.07. The second-order valence-corrected chi connectivity index (χ2v) is 4.15. The highest BCUT2D eigenvalue weighted by molar-refractivity contribution is 6.30. The number of nitrogens with one attached hydrogen (secondary N) is 1. The van der Waals surface area contributed by atoms with Crippen LogP contribution >= 0.6 is 11.6 Å². The van der Waals surface area contributed by atoms with Crippen LogP contribution in [-0.4, -0.2) is 36.7 Å². The standard InChI is InChI=1S/C13H13ClFNO4/c14-10-7-9(1-3-11(10)15)2-4-12(17)16-5-6-20-8-13(18)19/h1-4,7H,5-6,8H2,(H,16,17)(H,18,19). The minimum atomic E-state index is -1.07. The van der Waals surface area contributed by atoms with Crippen LogP contribution in [0.25, 0.3) is 6.08 Å². The molecule has 5 nitrogen and oxygen atoms in total. The predicted molar refractivity (Wildman–Crippen MR) is 71.9 cm³/mol. The number of carboxylic acids is 1. The summed E-state index contributed by atoms with van der Waals surface area (Å²) in [5.41, 5.74) is 0.591. The lowest BCUT2D eigenvalue weighted by molar-refractivity contribution is -0.142. The van der Waals surface area contributed by atoms with Gasteiger partial charge in [0, 0.05) is 12.6 Å². The van der Waals surface area contributed by atoms with Crippen LogP contribution in [0, 0.1) is 5.82 Å². The van der Waals surface area contributed by atoms with Crippen LogP contribution < -0.4 is 5.32 Å². The summed E-state index contributed by atoms with van der Waals surface area (Å²) < 4.78 is 17.6. The molecule has 0 spiro atoms. The molecule has 0 radical (unpaired) electrons. The van der Waals surface area contributed by atoms with E-state index >= 15 is 0 Å². The van der Waals surface area contributed by atoms with E-state index in [1.54, 1.807) is 0 Å². The zero-order valence-corrected chi connectivity index (χ0v) is 11.2. The van der Waals surface area contributed by atoms with E-state index in [-0.39, 0.29) is 24.1 Å². The predicted octanol–water partition coefficient (Wildman–Crippen LogP) is 1.71. The molecule has 7 heteroatoms. The fourth-order valence-corrected chi connectivity index (χ4v) is 1.44. The largest absolute Gasteiger partial charge is 0.480 e. The number of hydrogen-bond donors (Lipinski definition) is 2. The van der Waals surface area contributed by atoms with Gasteiger partial charge in [0.25, 0.3) is 0 Å². The summed E-state index contributed by atoms with van der Waals surface area (Å²) in [7, 11) is 0. The van der Waals surface area contributed by atoms with Crippen LogP contribution in [0.15, 0.2) is 24.3 Å². The van der Waals surface area contributed by atoms with E-state index in [1.165, 1.54) is 30.4 Å². The monoisotopic (exact) mass is 301 g/mol. The molecular weight excluding hydrogens is 289 g/mol. The smallest absolute Gasteiger partial charge is 0.329 e. The first-order valence-electron chi connectivity index (χ1n) is 5.69. The van der Waals surface area contributed by atoms with Gasteiger partial charge in [-0.2, -0.15) is 0 Å². The van der Waals surface area contributed by atoms with Crippen molar-refractivity contribution in [3.8, 4) is 0 Å². The molecule has 0 aliphatic carbocycles. The Morgan fingerprint density at radius 3 is 2.85 bits per heavy atom. The van der Waals surface area contributed by atoms with Gasteiger partial charge in [-0.3, -0.25) is 4.79 Å². The molecule has 0 atom stereocenters. The third-order valence-corrected chi connectivity index (χ3v) is 2.43. The lowest BCUT2D eigenvalue weighted by atomic mass is 10.2. The van der Waals surface area contributed by atoms with Gasteiger partial charge in [0.15, 0.2) is 0 Å².